The number of fused-ring (bicyclic) bond motifs is 1. The Morgan fingerprint density at radius 1 is 1.23 bits per heavy atom. The van der Waals surface area contributed by atoms with Crippen molar-refractivity contribution in [2.24, 2.45) is 0 Å². The summed E-state index contributed by atoms with van der Waals surface area (Å²) < 4.78 is -0.0982. The predicted octanol–water partition coefficient (Wildman–Crippen LogP) is 3.33. The molecule has 2 heteroatoms. The van der Waals surface area contributed by atoms with Crippen LogP contribution in [0.1, 0.15) is 19.5 Å². The molecule has 0 bridgehead atoms. The molecule has 68 valence electrons. The van der Waals surface area contributed by atoms with E-state index in [0.717, 1.165) is 5.69 Å². The van der Waals surface area contributed by atoms with Crippen LogP contribution in [0.15, 0.2) is 30.3 Å². The van der Waals surface area contributed by atoms with Crippen molar-refractivity contribution < 1.29 is 0 Å². The van der Waals surface area contributed by atoms with Crippen LogP contribution in [-0.2, 0) is 4.75 Å². The zero-order valence-electron chi connectivity index (χ0n) is 7.83. The van der Waals surface area contributed by atoms with Crippen LogP contribution in [0.4, 0.5) is 0 Å². The van der Waals surface area contributed by atoms with Crippen LogP contribution in [0.2, 0.25) is 0 Å². The van der Waals surface area contributed by atoms with E-state index in [1.165, 1.54) is 10.9 Å². The van der Waals surface area contributed by atoms with Crippen molar-refractivity contribution in [2.75, 3.05) is 0 Å². The van der Waals surface area contributed by atoms with Crippen molar-refractivity contribution in [2.45, 2.75) is 18.6 Å². The van der Waals surface area contributed by atoms with Gasteiger partial charge in [-0.15, -0.1) is 0 Å². The number of H-pyrrole nitrogens is 1. The molecule has 0 aliphatic heterocycles. The summed E-state index contributed by atoms with van der Waals surface area (Å²) in [6.07, 6.45) is 0. The molecule has 0 amide bonds. The minimum absolute atomic E-state index is 0.0982. The zero-order valence-corrected chi connectivity index (χ0v) is 8.73. The molecule has 2 rings (SSSR count). The Morgan fingerprint density at radius 2 is 1.92 bits per heavy atom. The number of benzene rings is 1. The third-order valence-electron chi connectivity index (χ3n) is 2.19. The van der Waals surface area contributed by atoms with Gasteiger partial charge in [-0.1, -0.05) is 18.2 Å². The zero-order chi connectivity index (χ0) is 9.47. The van der Waals surface area contributed by atoms with Crippen LogP contribution in [-0.4, -0.2) is 4.98 Å². The molecule has 1 aromatic heterocycles. The van der Waals surface area contributed by atoms with E-state index in [2.05, 4.69) is 49.7 Å². The summed E-state index contributed by atoms with van der Waals surface area (Å²) in [5.41, 5.74) is 2.34. The molecular weight excluding hydrogens is 178 g/mol. The summed E-state index contributed by atoms with van der Waals surface area (Å²) in [7, 11) is 0. The van der Waals surface area contributed by atoms with Gasteiger partial charge in [0, 0.05) is 16.0 Å². The van der Waals surface area contributed by atoms with Gasteiger partial charge < -0.3 is 4.98 Å². The van der Waals surface area contributed by atoms with E-state index in [-0.39, 0.29) is 4.75 Å². The number of aromatic amines is 1. The third kappa shape index (κ3) is 1.59. The lowest BCUT2D eigenvalue weighted by Gasteiger charge is -2.14. The van der Waals surface area contributed by atoms with Gasteiger partial charge in [0.25, 0.3) is 0 Å². The average Bonchev–Trinajstić information content (AvgIpc) is 2.45. The third-order valence-corrected chi connectivity index (χ3v) is 2.43. The van der Waals surface area contributed by atoms with Gasteiger partial charge in [-0.25, -0.2) is 0 Å². The fourth-order valence-electron chi connectivity index (χ4n) is 1.40. The highest BCUT2D eigenvalue weighted by atomic mass is 32.1. The normalized spacial score (nSPS) is 12.2. The lowest BCUT2D eigenvalue weighted by Crippen LogP contribution is -2.07. The molecule has 2 aromatic rings. The van der Waals surface area contributed by atoms with Gasteiger partial charge in [-0.05, 0) is 31.4 Å². The molecule has 13 heavy (non-hydrogen) atoms. The van der Waals surface area contributed by atoms with Crippen molar-refractivity contribution in [3.05, 3.63) is 36.0 Å². The fourth-order valence-corrected chi connectivity index (χ4v) is 1.52. The number of thiol groups is 1. The Morgan fingerprint density at radius 3 is 2.54 bits per heavy atom. The maximum absolute atomic E-state index is 4.52. The van der Waals surface area contributed by atoms with Gasteiger partial charge in [0.05, 0.1) is 0 Å². The van der Waals surface area contributed by atoms with Crippen molar-refractivity contribution in [3.63, 3.8) is 0 Å². The number of hydrogen-bond donors (Lipinski definition) is 2. The fraction of sp³-hybridized carbons (Fsp3) is 0.273. The van der Waals surface area contributed by atoms with Crippen molar-refractivity contribution in [1.29, 1.82) is 0 Å². The number of hydrogen-bond acceptors (Lipinski definition) is 1. The van der Waals surface area contributed by atoms with Gasteiger partial charge >= 0.3 is 0 Å². The molecule has 1 heterocycles. The lowest BCUT2D eigenvalue weighted by molar-refractivity contribution is 0.765. The quantitative estimate of drug-likeness (QED) is 0.643. The molecule has 0 saturated heterocycles. The van der Waals surface area contributed by atoms with Crippen LogP contribution in [0.25, 0.3) is 10.9 Å². The standard InChI is InChI=1S/C11H13NS/c1-11(2,13)10-7-8-5-3-4-6-9(8)12-10/h3-7,12-13H,1-2H3. The highest BCUT2D eigenvalue weighted by Gasteiger charge is 2.16. The summed E-state index contributed by atoms with van der Waals surface area (Å²) in [4.78, 5) is 3.36. The summed E-state index contributed by atoms with van der Waals surface area (Å²) in [6.45, 7) is 4.17. The smallest absolute Gasteiger partial charge is 0.0472 e. The van der Waals surface area contributed by atoms with Crippen molar-refractivity contribution >= 4 is 23.5 Å². The minimum Gasteiger partial charge on any atom is -0.357 e. The van der Waals surface area contributed by atoms with Crippen LogP contribution in [0.5, 0.6) is 0 Å². The minimum atomic E-state index is -0.0982. The molecule has 0 fully saturated rings. The first kappa shape index (κ1) is 8.70. The monoisotopic (exact) mass is 191 g/mol. The predicted molar refractivity (Wildman–Crippen MR) is 60.3 cm³/mol. The Hall–Kier alpha value is -0.890. The van der Waals surface area contributed by atoms with Gasteiger partial charge in [-0.3, -0.25) is 0 Å². The Labute approximate surface area is 83.6 Å². The number of aromatic nitrogens is 1. The summed E-state index contributed by atoms with van der Waals surface area (Å²) >= 11 is 4.52. The molecule has 0 unspecified atom stereocenters. The average molecular weight is 191 g/mol. The maximum atomic E-state index is 4.52. The maximum Gasteiger partial charge on any atom is 0.0472 e. The van der Waals surface area contributed by atoms with Gasteiger partial charge in [0.15, 0.2) is 0 Å². The molecule has 1 aromatic carbocycles. The van der Waals surface area contributed by atoms with E-state index in [0.29, 0.717) is 0 Å². The van der Waals surface area contributed by atoms with E-state index < -0.39 is 0 Å². The SMILES string of the molecule is CC(C)(S)c1cc2ccccc2[nH]1. The summed E-state index contributed by atoms with van der Waals surface area (Å²) in [6, 6.07) is 10.4. The second-order valence-corrected chi connectivity index (χ2v) is 4.95. The molecule has 0 aliphatic carbocycles. The molecular formula is C11H13NS. The molecule has 0 aliphatic rings. The van der Waals surface area contributed by atoms with E-state index in [1.807, 2.05) is 12.1 Å². The number of para-hydroxylation sites is 1. The lowest BCUT2D eigenvalue weighted by atomic mass is 10.1. The highest BCUT2D eigenvalue weighted by Crippen LogP contribution is 2.28. The Balaban J connectivity index is 2.63. The molecule has 0 atom stereocenters. The first-order valence-corrected chi connectivity index (χ1v) is 4.83. The second-order valence-electron chi connectivity index (χ2n) is 3.83. The molecule has 0 radical (unpaired) electrons. The Bertz CT molecular complexity index is 390. The van der Waals surface area contributed by atoms with E-state index >= 15 is 0 Å². The topological polar surface area (TPSA) is 15.8 Å². The first-order chi connectivity index (χ1) is 6.07. The van der Waals surface area contributed by atoms with Crippen molar-refractivity contribution in [3.8, 4) is 0 Å². The Kier molecular flexibility index (Phi) is 1.88. The van der Waals surface area contributed by atoms with E-state index in [4.69, 9.17) is 0 Å². The summed E-state index contributed by atoms with van der Waals surface area (Å²) in [5.74, 6) is 0. The number of rotatable bonds is 1. The summed E-state index contributed by atoms with van der Waals surface area (Å²) in [5, 5.41) is 1.25. The first-order valence-electron chi connectivity index (χ1n) is 4.38. The number of nitrogens with one attached hydrogen (secondary N) is 1. The van der Waals surface area contributed by atoms with Crippen LogP contribution < -0.4 is 0 Å². The van der Waals surface area contributed by atoms with Gasteiger partial charge in [0.1, 0.15) is 0 Å². The van der Waals surface area contributed by atoms with Crippen molar-refractivity contribution in [1.82, 2.24) is 4.98 Å². The molecule has 0 saturated carbocycles. The van der Waals surface area contributed by atoms with Gasteiger partial charge in [0.2, 0.25) is 0 Å². The second kappa shape index (κ2) is 2.81. The molecule has 1 nitrogen and oxygen atoms in total. The van der Waals surface area contributed by atoms with Gasteiger partial charge in [-0.2, -0.15) is 12.6 Å². The highest BCUT2D eigenvalue weighted by molar-refractivity contribution is 7.81. The largest absolute Gasteiger partial charge is 0.357 e. The molecule has 1 N–H and O–H groups in total. The van der Waals surface area contributed by atoms with E-state index in [9.17, 15) is 0 Å². The molecule has 0 spiro atoms. The van der Waals surface area contributed by atoms with Crippen LogP contribution in [0.3, 0.4) is 0 Å². The van der Waals surface area contributed by atoms with E-state index in [1.54, 1.807) is 0 Å². The van der Waals surface area contributed by atoms with Crippen LogP contribution >= 0.6 is 12.6 Å². The van der Waals surface area contributed by atoms with Crippen LogP contribution in [0, 0.1) is 0 Å².